The van der Waals surface area contributed by atoms with E-state index in [0.717, 1.165) is 11.1 Å². The first-order valence-corrected chi connectivity index (χ1v) is 6.15. The molecule has 0 bridgehead atoms. The third-order valence-electron chi connectivity index (χ3n) is 2.88. The van der Waals surface area contributed by atoms with Crippen molar-refractivity contribution in [1.82, 2.24) is 4.98 Å². The topological polar surface area (TPSA) is 116 Å². The van der Waals surface area contributed by atoms with Crippen LogP contribution in [0.3, 0.4) is 0 Å². The van der Waals surface area contributed by atoms with Crippen molar-refractivity contribution in [2.45, 2.75) is 6.42 Å². The van der Waals surface area contributed by atoms with Gasteiger partial charge in [-0.2, -0.15) is 0 Å². The first-order chi connectivity index (χ1) is 9.95. The van der Waals surface area contributed by atoms with Gasteiger partial charge in [-0.05, 0) is 35.7 Å². The number of aliphatic hydroxyl groups is 1. The Morgan fingerprint density at radius 3 is 2.43 bits per heavy atom. The van der Waals surface area contributed by atoms with E-state index >= 15 is 0 Å². The summed E-state index contributed by atoms with van der Waals surface area (Å²) in [5.41, 5.74) is 8.40. The first kappa shape index (κ1) is 14.4. The van der Waals surface area contributed by atoms with Gasteiger partial charge in [0.15, 0.2) is 0 Å². The van der Waals surface area contributed by atoms with Crippen molar-refractivity contribution >= 4 is 17.4 Å². The molecule has 2 aromatic rings. The van der Waals surface area contributed by atoms with Gasteiger partial charge in [0.2, 0.25) is 11.5 Å². The molecule has 0 atom stereocenters. The number of anilines is 1. The molecule has 0 saturated heterocycles. The molecule has 2 rings (SSSR count). The van der Waals surface area contributed by atoms with Crippen LogP contribution in [0.2, 0.25) is 0 Å². The second-order valence-corrected chi connectivity index (χ2v) is 4.54. The van der Waals surface area contributed by atoms with Gasteiger partial charge in [0.05, 0.1) is 5.69 Å². The number of carbonyl (C=O) groups excluding carboxylic acids is 1. The van der Waals surface area contributed by atoms with Crippen LogP contribution in [0.15, 0.2) is 48.4 Å². The number of nitrogen functional groups attached to an aromatic ring is 1. The molecule has 0 aliphatic heterocycles. The minimum Gasteiger partial charge on any atom is -0.502 e. The summed E-state index contributed by atoms with van der Waals surface area (Å²) in [5, 5.41) is 17.6. The number of carboxylic acids is 1. The standard InChI is InChI=1S/C15H14N2O4/c16-11-3-1-9(2-4-11)5-10-6-12(17-8-10)13(18)7-14(19)15(20)21/h1-4,6-8,17,19H,5,16H2,(H,20,21). The van der Waals surface area contributed by atoms with E-state index in [4.69, 9.17) is 15.9 Å². The Morgan fingerprint density at radius 2 is 1.81 bits per heavy atom. The number of hydrogen-bond donors (Lipinski definition) is 4. The van der Waals surface area contributed by atoms with Crippen molar-refractivity contribution in [1.29, 1.82) is 0 Å². The molecule has 1 heterocycles. The average molecular weight is 286 g/mol. The van der Waals surface area contributed by atoms with Crippen LogP contribution in [-0.2, 0) is 11.2 Å². The fourth-order valence-corrected chi connectivity index (χ4v) is 1.82. The molecule has 21 heavy (non-hydrogen) atoms. The zero-order valence-corrected chi connectivity index (χ0v) is 11.0. The number of nitrogens with two attached hydrogens (primary N) is 1. The van der Waals surface area contributed by atoms with Crippen molar-refractivity contribution in [3.05, 3.63) is 65.2 Å². The minimum absolute atomic E-state index is 0.216. The Balaban J connectivity index is 2.11. The summed E-state index contributed by atoms with van der Waals surface area (Å²) in [6, 6.07) is 8.98. The monoisotopic (exact) mass is 286 g/mol. The lowest BCUT2D eigenvalue weighted by Gasteiger charge is -1.99. The van der Waals surface area contributed by atoms with Gasteiger partial charge in [-0.25, -0.2) is 4.79 Å². The van der Waals surface area contributed by atoms with Gasteiger partial charge in [0.25, 0.3) is 0 Å². The van der Waals surface area contributed by atoms with Crippen molar-refractivity contribution < 1.29 is 19.8 Å². The van der Waals surface area contributed by atoms with Gasteiger partial charge in [-0.3, -0.25) is 4.79 Å². The van der Waals surface area contributed by atoms with Crippen molar-refractivity contribution in [2.75, 3.05) is 5.73 Å². The molecular formula is C15H14N2O4. The molecule has 0 aliphatic rings. The van der Waals surface area contributed by atoms with E-state index in [-0.39, 0.29) is 5.69 Å². The molecule has 108 valence electrons. The fraction of sp³-hybridized carbons (Fsp3) is 0.0667. The van der Waals surface area contributed by atoms with E-state index in [2.05, 4.69) is 4.98 Å². The number of aromatic nitrogens is 1. The Labute approximate surface area is 120 Å². The molecule has 0 fully saturated rings. The lowest BCUT2D eigenvalue weighted by Crippen LogP contribution is -2.04. The molecule has 0 saturated carbocycles. The molecule has 6 nitrogen and oxygen atoms in total. The van der Waals surface area contributed by atoms with E-state index in [9.17, 15) is 9.59 Å². The number of ketones is 1. The molecule has 5 N–H and O–H groups in total. The smallest absolute Gasteiger partial charge is 0.371 e. The van der Waals surface area contributed by atoms with Crippen LogP contribution in [0.1, 0.15) is 21.6 Å². The quantitative estimate of drug-likeness (QED) is 0.290. The van der Waals surface area contributed by atoms with Crippen LogP contribution in [0.25, 0.3) is 0 Å². The van der Waals surface area contributed by atoms with Gasteiger partial charge in [0, 0.05) is 18.0 Å². The van der Waals surface area contributed by atoms with Crippen LogP contribution in [0.5, 0.6) is 0 Å². The van der Waals surface area contributed by atoms with E-state index in [1.54, 1.807) is 24.4 Å². The molecule has 1 aromatic carbocycles. The molecule has 6 heteroatoms. The highest BCUT2D eigenvalue weighted by Crippen LogP contribution is 2.13. The molecule has 1 aromatic heterocycles. The van der Waals surface area contributed by atoms with Crippen molar-refractivity contribution in [3.8, 4) is 0 Å². The molecule has 0 spiro atoms. The maximum Gasteiger partial charge on any atom is 0.371 e. The maximum absolute atomic E-state index is 11.7. The number of hydrogen-bond acceptors (Lipinski definition) is 4. The van der Waals surface area contributed by atoms with Crippen LogP contribution in [-0.4, -0.2) is 26.9 Å². The zero-order chi connectivity index (χ0) is 15.4. The largest absolute Gasteiger partial charge is 0.502 e. The number of allylic oxidation sites excluding steroid dienone is 1. The number of aromatic amines is 1. The average Bonchev–Trinajstić information content (AvgIpc) is 2.90. The number of H-pyrrole nitrogens is 1. The fourth-order valence-electron chi connectivity index (χ4n) is 1.82. The third-order valence-corrected chi connectivity index (χ3v) is 2.88. The van der Waals surface area contributed by atoms with Gasteiger partial charge in [0.1, 0.15) is 0 Å². The number of carbonyl (C=O) groups is 2. The highest BCUT2D eigenvalue weighted by molar-refractivity contribution is 6.06. The Kier molecular flexibility index (Phi) is 4.08. The second kappa shape index (κ2) is 5.96. The number of benzene rings is 1. The van der Waals surface area contributed by atoms with Gasteiger partial charge in [-0.1, -0.05) is 12.1 Å². The highest BCUT2D eigenvalue weighted by atomic mass is 16.4. The summed E-state index contributed by atoms with van der Waals surface area (Å²) < 4.78 is 0. The number of rotatable bonds is 5. The number of carboxylic acid groups (broad SMARTS) is 1. The summed E-state index contributed by atoms with van der Waals surface area (Å²) in [6.45, 7) is 0. The summed E-state index contributed by atoms with van der Waals surface area (Å²) in [6.07, 6.45) is 2.94. The second-order valence-electron chi connectivity index (χ2n) is 4.54. The number of aliphatic carboxylic acids is 1. The summed E-state index contributed by atoms with van der Waals surface area (Å²) in [4.78, 5) is 24.9. The number of nitrogens with one attached hydrogen (secondary N) is 1. The number of aliphatic hydroxyl groups excluding tert-OH is 1. The lowest BCUT2D eigenvalue weighted by molar-refractivity contribution is -0.135. The Bertz CT molecular complexity index is 699. The van der Waals surface area contributed by atoms with E-state index in [0.29, 0.717) is 18.2 Å². The van der Waals surface area contributed by atoms with E-state index in [1.165, 1.54) is 0 Å². The summed E-state index contributed by atoms with van der Waals surface area (Å²) in [7, 11) is 0. The normalized spacial score (nSPS) is 11.3. The predicted octanol–water partition coefficient (Wildman–Crippen LogP) is 1.90. The molecule has 0 amide bonds. The van der Waals surface area contributed by atoms with Crippen molar-refractivity contribution in [2.24, 2.45) is 0 Å². The molecular weight excluding hydrogens is 272 g/mol. The highest BCUT2D eigenvalue weighted by Gasteiger charge is 2.11. The zero-order valence-electron chi connectivity index (χ0n) is 11.0. The van der Waals surface area contributed by atoms with Gasteiger partial charge in [-0.15, -0.1) is 0 Å². The lowest BCUT2D eigenvalue weighted by atomic mass is 10.1. The third kappa shape index (κ3) is 3.73. The van der Waals surface area contributed by atoms with Crippen LogP contribution in [0.4, 0.5) is 5.69 Å². The van der Waals surface area contributed by atoms with Gasteiger partial charge >= 0.3 is 5.97 Å². The van der Waals surface area contributed by atoms with Gasteiger partial charge < -0.3 is 20.9 Å². The first-order valence-electron chi connectivity index (χ1n) is 6.15. The maximum atomic E-state index is 11.7. The predicted molar refractivity (Wildman–Crippen MR) is 77.1 cm³/mol. The molecule has 0 unspecified atom stereocenters. The molecule has 0 radical (unpaired) electrons. The minimum atomic E-state index is -1.54. The van der Waals surface area contributed by atoms with E-state index < -0.39 is 17.5 Å². The SMILES string of the molecule is Nc1ccc(Cc2c[nH]c(C(=O)C=C(O)C(=O)O)c2)cc1. The van der Waals surface area contributed by atoms with Crippen molar-refractivity contribution in [3.63, 3.8) is 0 Å². The summed E-state index contributed by atoms with van der Waals surface area (Å²) in [5.74, 6) is -3.13. The van der Waals surface area contributed by atoms with E-state index in [1.807, 2.05) is 12.1 Å². The Hall–Kier alpha value is -3.02. The van der Waals surface area contributed by atoms with Crippen LogP contribution >= 0.6 is 0 Å². The van der Waals surface area contributed by atoms with Crippen LogP contribution < -0.4 is 5.73 Å². The summed E-state index contributed by atoms with van der Waals surface area (Å²) >= 11 is 0. The molecule has 0 aliphatic carbocycles. The Morgan fingerprint density at radius 1 is 1.14 bits per heavy atom. The van der Waals surface area contributed by atoms with Crippen LogP contribution in [0, 0.1) is 0 Å².